The number of aliphatic carboxylic acids is 1. The first-order valence-corrected chi connectivity index (χ1v) is 6.20. The summed E-state index contributed by atoms with van der Waals surface area (Å²) in [5, 5.41) is 8.52. The van der Waals surface area contributed by atoms with Crippen LogP contribution in [0.1, 0.15) is 11.1 Å². The van der Waals surface area contributed by atoms with Gasteiger partial charge in [-0.15, -0.1) is 0 Å². The molecule has 0 aromatic heterocycles. The van der Waals surface area contributed by atoms with Crippen LogP contribution in [0.15, 0.2) is 17.0 Å². The molecule has 0 aliphatic rings. The number of carboxylic acids is 1. The molecule has 0 fully saturated rings. The first kappa shape index (κ1) is 12.5. The second-order valence-corrected chi connectivity index (χ2v) is 5.59. The van der Waals surface area contributed by atoms with Gasteiger partial charge in [0.15, 0.2) is 15.6 Å². The van der Waals surface area contributed by atoms with Gasteiger partial charge in [0.2, 0.25) is 0 Å². The molecular formula is C10H13NO4S. The zero-order chi connectivity index (χ0) is 12.5. The molecule has 0 radical (unpaired) electrons. The largest absolute Gasteiger partial charge is 0.480 e. The van der Waals surface area contributed by atoms with Crippen molar-refractivity contribution in [1.82, 2.24) is 0 Å². The first-order chi connectivity index (χ1) is 7.24. The number of rotatable bonds is 3. The van der Waals surface area contributed by atoms with Gasteiger partial charge in [-0.05, 0) is 37.1 Å². The predicted molar refractivity (Wildman–Crippen MR) is 60.0 cm³/mol. The quantitative estimate of drug-likeness (QED) is 0.763. The number of benzene rings is 1. The molecule has 1 aromatic rings. The minimum Gasteiger partial charge on any atom is -0.480 e. The summed E-state index contributed by atoms with van der Waals surface area (Å²) in [7, 11) is -3.78. The van der Waals surface area contributed by atoms with Crippen molar-refractivity contribution in [2.24, 2.45) is 0 Å². The summed E-state index contributed by atoms with van der Waals surface area (Å²) in [6.07, 6.45) is 0. The van der Waals surface area contributed by atoms with Gasteiger partial charge in [0.05, 0.1) is 4.90 Å². The van der Waals surface area contributed by atoms with E-state index in [1.807, 2.05) is 0 Å². The van der Waals surface area contributed by atoms with Gasteiger partial charge in [-0.1, -0.05) is 0 Å². The van der Waals surface area contributed by atoms with Gasteiger partial charge in [-0.2, -0.15) is 0 Å². The molecule has 5 nitrogen and oxygen atoms in total. The average Bonchev–Trinajstić information content (AvgIpc) is 2.08. The number of hydrogen-bond donors (Lipinski definition) is 2. The van der Waals surface area contributed by atoms with Crippen LogP contribution in [0.5, 0.6) is 0 Å². The smallest absolute Gasteiger partial charge is 0.319 e. The van der Waals surface area contributed by atoms with E-state index in [1.54, 1.807) is 13.8 Å². The Bertz CT molecular complexity index is 534. The Balaban J connectivity index is 3.34. The molecule has 0 spiro atoms. The lowest BCUT2D eigenvalue weighted by atomic mass is 10.1. The Labute approximate surface area is 93.8 Å². The molecule has 0 saturated heterocycles. The van der Waals surface area contributed by atoms with E-state index in [4.69, 9.17) is 10.8 Å². The lowest BCUT2D eigenvalue weighted by Gasteiger charge is -2.09. The molecule has 88 valence electrons. The van der Waals surface area contributed by atoms with Crippen LogP contribution in [0.25, 0.3) is 0 Å². The van der Waals surface area contributed by atoms with Crippen LogP contribution >= 0.6 is 0 Å². The summed E-state index contributed by atoms with van der Waals surface area (Å²) in [5.74, 6) is -2.27. The van der Waals surface area contributed by atoms with Crippen LogP contribution in [0.3, 0.4) is 0 Å². The van der Waals surface area contributed by atoms with Crippen molar-refractivity contribution < 1.29 is 18.3 Å². The highest BCUT2D eigenvalue weighted by Gasteiger charge is 2.21. The summed E-state index contributed by atoms with van der Waals surface area (Å²) < 4.78 is 23.4. The zero-order valence-corrected chi connectivity index (χ0v) is 9.84. The predicted octanol–water partition coefficient (Wildman–Crippen LogP) is 0.744. The second-order valence-electron chi connectivity index (χ2n) is 3.63. The topological polar surface area (TPSA) is 97.5 Å². The van der Waals surface area contributed by atoms with Crippen molar-refractivity contribution in [3.63, 3.8) is 0 Å². The van der Waals surface area contributed by atoms with Crippen molar-refractivity contribution >= 4 is 21.5 Å². The van der Waals surface area contributed by atoms with Crippen LogP contribution in [0.2, 0.25) is 0 Å². The maximum atomic E-state index is 11.7. The van der Waals surface area contributed by atoms with E-state index >= 15 is 0 Å². The number of sulfone groups is 1. The summed E-state index contributed by atoms with van der Waals surface area (Å²) in [6.45, 7) is 3.26. The van der Waals surface area contributed by atoms with Gasteiger partial charge in [-0.3, -0.25) is 4.79 Å². The minimum atomic E-state index is -3.78. The lowest BCUT2D eigenvalue weighted by Crippen LogP contribution is -2.16. The van der Waals surface area contributed by atoms with E-state index in [0.29, 0.717) is 16.8 Å². The fourth-order valence-corrected chi connectivity index (χ4v) is 2.77. The number of carboxylic acid groups (broad SMARTS) is 1. The molecule has 16 heavy (non-hydrogen) atoms. The van der Waals surface area contributed by atoms with Crippen LogP contribution < -0.4 is 5.73 Å². The van der Waals surface area contributed by atoms with E-state index in [2.05, 4.69) is 0 Å². The summed E-state index contributed by atoms with van der Waals surface area (Å²) in [4.78, 5) is 10.5. The molecule has 0 unspecified atom stereocenters. The molecule has 0 aliphatic carbocycles. The van der Waals surface area contributed by atoms with Gasteiger partial charge in [0.25, 0.3) is 0 Å². The molecule has 0 aliphatic heterocycles. The summed E-state index contributed by atoms with van der Waals surface area (Å²) >= 11 is 0. The normalized spacial score (nSPS) is 11.4. The van der Waals surface area contributed by atoms with Crippen molar-refractivity contribution in [3.05, 3.63) is 23.3 Å². The molecular weight excluding hydrogens is 230 g/mol. The SMILES string of the molecule is Cc1cc(S(=O)(=O)CC(=O)O)c(C)cc1N. The molecule has 6 heteroatoms. The Kier molecular flexibility index (Phi) is 3.23. The van der Waals surface area contributed by atoms with Crippen molar-refractivity contribution in [2.75, 3.05) is 11.5 Å². The maximum Gasteiger partial charge on any atom is 0.319 e. The van der Waals surface area contributed by atoms with E-state index in [1.165, 1.54) is 12.1 Å². The molecule has 0 saturated carbocycles. The number of aryl methyl sites for hydroxylation is 2. The number of hydrogen-bond acceptors (Lipinski definition) is 4. The van der Waals surface area contributed by atoms with Gasteiger partial charge >= 0.3 is 5.97 Å². The van der Waals surface area contributed by atoms with Crippen LogP contribution in [0, 0.1) is 13.8 Å². The van der Waals surface area contributed by atoms with E-state index < -0.39 is 21.6 Å². The summed E-state index contributed by atoms with van der Waals surface area (Å²) in [6, 6.07) is 2.94. The third kappa shape index (κ3) is 2.52. The van der Waals surface area contributed by atoms with Crippen molar-refractivity contribution in [2.45, 2.75) is 18.7 Å². The average molecular weight is 243 g/mol. The standard InChI is InChI=1S/C10H13NO4S/c1-6-4-9(7(2)3-8(6)11)16(14,15)5-10(12)13/h3-4H,5,11H2,1-2H3,(H,12,13). The Hall–Kier alpha value is -1.56. The number of anilines is 1. The van der Waals surface area contributed by atoms with Crippen LogP contribution in [-0.2, 0) is 14.6 Å². The first-order valence-electron chi connectivity index (χ1n) is 4.55. The fraction of sp³-hybridized carbons (Fsp3) is 0.300. The highest BCUT2D eigenvalue weighted by atomic mass is 32.2. The van der Waals surface area contributed by atoms with Gasteiger partial charge in [0, 0.05) is 5.69 Å². The third-order valence-corrected chi connectivity index (χ3v) is 3.95. The molecule has 0 bridgehead atoms. The van der Waals surface area contributed by atoms with E-state index in [9.17, 15) is 13.2 Å². The van der Waals surface area contributed by atoms with E-state index in [0.717, 1.165) is 0 Å². The molecule has 1 aromatic carbocycles. The highest BCUT2D eigenvalue weighted by Crippen LogP contribution is 2.22. The third-order valence-electron chi connectivity index (χ3n) is 2.21. The Morgan fingerprint density at radius 3 is 2.38 bits per heavy atom. The second kappa shape index (κ2) is 4.13. The van der Waals surface area contributed by atoms with Gasteiger partial charge in [-0.25, -0.2) is 8.42 Å². The monoisotopic (exact) mass is 243 g/mol. The van der Waals surface area contributed by atoms with Crippen LogP contribution in [0.4, 0.5) is 5.69 Å². The Morgan fingerprint density at radius 1 is 1.31 bits per heavy atom. The zero-order valence-electron chi connectivity index (χ0n) is 9.02. The van der Waals surface area contributed by atoms with Crippen LogP contribution in [-0.4, -0.2) is 25.2 Å². The van der Waals surface area contributed by atoms with E-state index in [-0.39, 0.29) is 4.90 Å². The van der Waals surface area contributed by atoms with Gasteiger partial charge < -0.3 is 10.8 Å². The highest BCUT2D eigenvalue weighted by molar-refractivity contribution is 7.92. The molecule has 0 atom stereocenters. The Morgan fingerprint density at radius 2 is 1.88 bits per heavy atom. The number of nitrogen functional groups attached to an aromatic ring is 1. The maximum absolute atomic E-state index is 11.7. The lowest BCUT2D eigenvalue weighted by molar-refractivity contribution is -0.134. The fourth-order valence-electron chi connectivity index (χ4n) is 1.39. The molecule has 3 N–H and O–H groups in total. The number of carbonyl (C=O) groups is 1. The summed E-state index contributed by atoms with van der Waals surface area (Å²) in [5.41, 5.74) is 7.20. The molecule has 0 heterocycles. The van der Waals surface area contributed by atoms with Crippen molar-refractivity contribution in [3.8, 4) is 0 Å². The minimum absolute atomic E-state index is 0.0293. The number of nitrogens with two attached hydrogens (primary N) is 1. The molecule has 1 rings (SSSR count). The molecule has 0 amide bonds. The van der Waals surface area contributed by atoms with Crippen molar-refractivity contribution in [1.29, 1.82) is 0 Å². The van der Waals surface area contributed by atoms with Gasteiger partial charge in [0.1, 0.15) is 0 Å².